The molecule has 0 aliphatic heterocycles. The van der Waals surface area contributed by atoms with Crippen molar-refractivity contribution >= 4 is 21.9 Å². The highest BCUT2D eigenvalue weighted by molar-refractivity contribution is 9.10. The van der Waals surface area contributed by atoms with Crippen LogP contribution in [0.2, 0.25) is 0 Å². The van der Waals surface area contributed by atoms with E-state index in [0.29, 0.717) is 12.2 Å². The van der Waals surface area contributed by atoms with Gasteiger partial charge in [0, 0.05) is 10.9 Å². The van der Waals surface area contributed by atoms with Gasteiger partial charge in [0.15, 0.2) is 6.10 Å². The lowest BCUT2D eigenvalue weighted by Gasteiger charge is -2.18. The van der Waals surface area contributed by atoms with Crippen LogP contribution in [0.3, 0.4) is 0 Å². The molecule has 0 unspecified atom stereocenters. The largest absolute Gasteiger partial charge is 0.478 e. The van der Waals surface area contributed by atoms with Crippen LogP contribution in [0.5, 0.6) is 5.75 Å². The normalized spacial score (nSPS) is 12.0. The second kappa shape index (κ2) is 6.97. The van der Waals surface area contributed by atoms with E-state index in [1.54, 1.807) is 0 Å². The molecule has 0 fully saturated rings. The molecule has 116 valence electrons. The SMILES string of the molecule is Cc1cc(C)c(C)c(O[C@H](Cc2cccc(Br)c2)C(=O)O)c1. The van der Waals surface area contributed by atoms with Crippen molar-refractivity contribution in [2.24, 2.45) is 0 Å². The smallest absolute Gasteiger partial charge is 0.345 e. The molecular formula is C18H19BrO3. The van der Waals surface area contributed by atoms with Gasteiger partial charge in [-0.3, -0.25) is 0 Å². The summed E-state index contributed by atoms with van der Waals surface area (Å²) in [6.07, 6.45) is -0.588. The topological polar surface area (TPSA) is 46.5 Å². The number of carbonyl (C=O) groups is 1. The van der Waals surface area contributed by atoms with Crippen LogP contribution >= 0.6 is 15.9 Å². The molecule has 0 heterocycles. The van der Waals surface area contributed by atoms with Gasteiger partial charge >= 0.3 is 5.97 Å². The minimum Gasteiger partial charge on any atom is -0.478 e. The van der Waals surface area contributed by atoms with Crippen molar-refractivity contribution in [3.05, 3.63) is 63.1 Å². The molecule has 0 aliphatic rings. The van der Waals surface area contributed by atoms with Gasteiger partial charge in [-0.05, 0) is 61.2 Å². The maximum atomic E-state index is 11.5. The number of aryl methyl sites for hydroxylation is 2. The zero-order chi connectivity index (χ0) is 16.3. The van der Waals surface area contributed by atoms with Crippen molar-refractivity contribution in [3.8, 4) is 5.75 Å². The summed E-state index contributed by atoms with van der Waals surface area (Å²) in [7, 11) is 0. The van der Waals surface area contributed by atoms with Gasteiger partial charge in [-0.25, -0.2) is 4.79 Å². The third kappa shape index (κ3) is 4.10. The predicted octanol–water partition coefficient (Wildman–Crippen LogP) is 4.45. The van der Waals surface area contributed by atoms with E-state index < -0.39 is 12.1 Å². The number of carboxylic acids is 1. The summed E-state index contributed by atoms with van der Waals surface area (Å²) in [5, 5.41) is 9.46. The third-order valence-corrected chi connectivity index (χ3v) is 4.11. The summed E-state index contributed by atoms with van der Waals surface area (Å²) in [4.78, 5) is 11.5. The molecule has 0 radical (unpaired) electrons. The minimum atomic E-state index is -0.960. The molecule has 2 rings (SSSR count). The molecule has 2 aromatic rings. The Balaban J connectivity index is 2.25. The van der Waals surface area contributed by atoms with Crippen LogP contribution in [0, 0.1) is 20.8 Å². The number of ether oxygens (including phenoxy) is 1. The van der Waals surface area contributed by atoms with Gasteiger partial charge in [0.2, 0.25) is 0 Å². The van der Waals surface area contributed by atoms with Gasteiger partial charge in [0.05, 0.1) is 0 Å². The lowest BCUT2D eigenvalue weighted by Crippen LogP contribution is -2.29. The zero-order valence-corrected chi connectivity index (χ0v) is 14.5. The van der Waals surface area contributed by atoms with Crippen molar-refractivity contribution in [1.82, 2.24) is 0 Å². The van der Waals surface area contributed by atoms with E-state index in [1.807, 2.05) is 51.1 Å². The molecular weight excluding hydrogens is 344 g/mol. The Morgan fingerprint density at radius 2 is 1.95 bits per heavy atom. The van der Waals surface area contributed by atoms with Crippen molar-refractivity contribution in [1.29, 1.82) is 0 Å². The first kappa shape index (κ1) is 16.6. The number of rotatable bonds is 5. The Hall–Kier alpha value is -1.81. The Labute approximate surface area is 139 Å². The number of hydrogen-bond acceptors (Lipinski definition) is 2. The molecule has 2 aromatic carbocycles. The van der Waals surface area contributed by atoms with Crippen LogP contribution in [-0.4, -0.2) is 17.2 Å². The summed E-state index contributed by atoms with van der Waals surface area (Å²) in [5.41, 5.74) is 4.06. The molecule has 0 amide bonds. The molecule has 0 aliphatic carbocycles. The summed E-state index contributed by atoms with van der Waals surface area (Å²) in [6, 6.07) is 11.6. The molecule has 22 heavy (non-hydrogen) atoms. The lowest BCUT2D eigenvalue weighted by molar-refractivity contribution is -0.145. The summed E-state index contributed by atoms with van der Waals surface area (Å²) in [5.74, 6) is -0.321. The molecule has 0 aromatic heterocycles. The van der Waals surface area contributed by atoms with Gasteiger partial charge < -0.3 is 9.84 Å². The fourth-order valence-corrected chi connectivity index (χ4v) is 2.78. The number of carboxylic acid groups (broad SMARTS) is 1. The van der Waals surface area contributed by atoms with E-state index in [2.05, 4.69) is 22.0 Å². The fourth-order valence-electron chi connectivity index (χ4n) is 2.33. The Bertz CT molecular complexity index is 695. The third-order valence-electron chi connectivity index (χ3n) is 3.62. The summed E-state index contributed by atoms with van der Waals surface area (Å²) >= 11 is 3.40. The monoisotopic (exact) mass is 362 g/mol. The molecule has 1 N–H and O–H groups in total. The van der Waals surface area contributed by atoms with Crippen LogP contribution < -0.4 is 4.74 Å². The van der Waals surface area contributed by atoms with E-state index in [1.165, 1.54) is 0 Å². The second-order valence-corrected chi connectivity index (χ2v) is 6.40. The molecule has 0 spiro atoms. The van der Waals surface area contributed by atoms with Crippen LogP contribution in [0.15, 0.2) is 40.9 Å². The van der Waals surface area contributed by atoms with E-state index in [-0.39, 0.29) is 0 Å². The number of halogens is 1. The Morgan fingerprint density at radius 1 is 1.23 bits per heavy atom. The van der Waals surface area contributed by atoms with Crippen LogP contribution in [0.1, 0.15) is 22.3 Å². The average molecular weight is 363 g/mol. The molecule has 1 atom stereocenters. The van der Waals surface area contributed by atoms with Gasteiger partial charge in [-0.15, -0.1) is 0 Å². The van der Waals surface area contributed by atoms with Gasteiger partial charge in [0.1, 0.15) is 5.75 Å². The van der Waals surface area contributed by atoms with Crippen LogP contribution in [0.25, 0.3) is 0 Å². The highest BCUT2D eigenvalue weighted by Gasteiger charge is 2.21. The second-order valence-electron chi connectivity index (χ2n) is 5.48. The average Bonchev–Trinajstić information content (AvgIpc) is 2.43. The van der Waals surface area contributed by atoms with Crippen LogP contribution in [0.4, 0.5) is 0 Å². The van der Waals surface area contributed by atoms with Gasteiger partial charge in [0.25, 0.3) is 0 Å². The standard InChI is InChI=1S/C18H19BrO3/c1-11-7-12(2)13(3)16(8-11)22-17(18(20)21)10-14-5-4-6-15(19)9-14/h4-9,17H,10H2,1-3H3,(H,20,21)/t17-/m1/s1. The number of hydrogen-bond donors (Lipinski definition) is 1. The molecule has 3 nitrogen and oxygen atoms in total. The maximum Gasteiger partial charge on any atom is 0.345 e. The quantitative estimate of drug-likeness (QED) is 0.854. The fraction of sp³-hybridized carbons (Fsp3) is 0.278. The first-order valence-electron chi connectivity index (χ1n) is 7.08. The van der Waals surface area contributed by atoms with E-state index in [9.17, 15) is 9.90 Å². The molecule has 0 saturated heterocycles. The zero-order valence-electron chi connectivity index (χ0n) is 12.9. The van der Waals surface area contributed by atoms with Gasteiger partial charge in [-0.1, -0.05) is 34.1 Å². The van der Waals surface area contributed by atoms with Crippen molar-refractivity contribution in [2.45, 2.75) is 33.3 Å². The van der Waals surface area contributed by atoms with E-state index >= 15 is 0 Å². The first-order chi connectivity index (χ1) is 10.4. The summed E-state index contributed by atoms with van der Waals surface area (Å²) < 4.78 is 6.72. The van der Waals surface area contributed by atoms with Crippen molar-refractivity contribution in [3.63, 3.8) is 0 Å². The Kier molecular flexibility index (Phi) is 5.24. The highest BCUT2D eigenvalue weighted by atomic mass is 79.9. The summed E-state index contributed by atoms with van der Waals surface area (Å²) in [6.45, 7) is 5.92. The van der Waals surface area contributed by atoms with E-state index in [4.69, 9.17) is 4.74 Å². The van der Waals surface area contributed by atoms with E-state index in [0.717, 1.165) is 26.7 Å². The molecule has 0 saturated carbocycles. The number of aliphatic carboxylic acids is 1. The number of benzene rings is 2. The van der Waals surface area contributed by atoms with Crippen molar-refractivity contribution < 1.29 is 14.6 Å². The molecule has 0 bridgehead atoms. The molecule has 4 heteroatoms. The minimum absolute atomic E-state index is 0.321. The predicted molar refractivity (Wildman–Crippen MR) is 90.6 cm³/mol. The lowest BCUT2D eigenvalue weighted by atomic mass is 10.0. The first-order valence-corrected chi connectivity index (χ1v) is 7.88. The highest BCUT2D eigenvalue weighted by Crippen LogP contribution is 2.25. The van der Waals surface area contributed by atoms with Crippen LogP contribution in [-0.2, 0) is 11.2 Å². The van der Waals surface area contributed by atoms with Gasteiger partial charge in [-0.2, -0.15) is 0 Å². The Morgan fingerprint density at radius 3 is 2.59 bits per heavy atom. The maximum absolute atomic E-state index is 11.5. The van der Waals surface area contributed by atoms with Crippen molar-refractivity contribution in [2.75, 3.05) is 0 Å².